The van der Waals surface area contributed by atoms with Gasteiger partial charge in [-0.1, -0.05) is 20.8 Å². The molecule has 0 spiro atoms. The number of carbonyl (C=O) groups is 2. The molecule has 0 aromatic carbocycles. The quantitative estimate of drug-likeness (QED) is 0.682. The van der Waals surface area contributed by atoms with Gasteiger partial charge in [-0.25, -0.2) is 4.79 Å². The predicted octanol–water partition coefficient (Wildman–Crippen LogP) is 0.744. The summed E-state index contributed by atoms with van der Waals surface area (Å²) >= 11 is 0. The zero-order chi connectivity index (χ0) is 13.3. The van der Waals surface area contributed by atoms with E-state index in [1.54, 1.807) is 20.8 Å². The molecule has 0 aromatic rings. The minimum Gasteiger partial charge on any atom is -0.480 e. The second-order valence-corrected chi connectivity index (χ2v) is 5.97. The third-order valence-corrected chi connectivity index (χ3v) is 3.26. The molecule has 98 valence electrons. The van der Waals surface area contributed by atoms with Gasteiger partial charge in [-0.3, -0.25) is 4.79 Å². The highest BCUT2D eigenvalue weighted by Crippen LogP contribution is 2.23. The van der Waals surface area contributed by atoms with E-state index in [2.05, 4.69) is 10.6 Å². The number of aliphatic carboxylic acids is 1. The van der Waals surface area contributed by atoms with Crippen LogP contribution in [0, 0.1) is 5.41 Å². The van der Waals surface area contributed by atoms with Crippen LogP contribution in [0.1, 0.15) is 40.5 Å². The van der Waals surface area contributed by atoms with E-state index in [4.69, 9.17) is 5.11 Å². The van der Waals surface area contributed by atoms with Crippen molar-refractivity contribution in [2.75, 3.05) is 6.54 Å². The molecule has 3 N–H and O–H groups in total. The molecule has 2 atom stereocenters. The maximum Gasteiger partial charge on any atom is 0.326 e. The lowest BCUT2D eigenvalue weighted by Gasteiger charge is -2.31. The Balaban J connectivity index is 2.75. The summed E-state index contributed by atoms with van der Waals surface area (Å²) in [5, 5.41) is 14.9. The number of nitrogens with one attached hydrogen (secondary N) is 2. The Morgan fingerprint density at radius 3 is 2.35 bits per heavy atom. The lowest BCUT2D eigenvalue weighted by molar-refractivity contribution is -0.145. The van der Waals surface area contributed by atoms with Crippen molar-refractivity contribution < 1.29 is 14.7 Å². The van der Waals surface area contributed by atoms with E-state index in [1.807, 2.05) is 6.92 Å². The van der Waals surface area contributed by atoms with E-state index < -0.39 is 23.0 Å². The van der Waals surface area contributed by atoms with Gasteiger partial charge < -0.3 is 15.7 Å². The highest BCUT2D eigenvalue weighted by molar-refractivity contribution is 5.90. The molecule has 1 fully saturated rings. The molecule has 0 saturated carbocycles. The van der Waals surface area contributed by atoms with Gasteiger partial charge in [0.05, 0.1) is 5.54 Å². The number of amides is 1. The first kappa shape index (κ1) is 14.0. The number of carboxylic acid groups (broad SMARTS) is 1. The fraction of sp³-hybridized carbons (Fsp3) is 0.833. The van der Waals surface area contributed by atoms with Crippen LogP contribution in [0.3, 0.4) is 0 Å². The van der Waals surface area contributed by atoms with E-state index in [1.165, 1.54) is 0 Å². The van der Waals surface area contributed by atoms with Gasteiger partial charge in [0.1, 0.15) is 6.04 Å². The van der Waals surface area contributed by atoms with Crippen LogP contribution in [-0.4, -0.2) is 35.1 Å². The van der Waals surface area contributed by atoms with Gasteiger partial charge in [0.15, 0.2) is 0 Å². The topological polar surface area (TPSA) is 78.4 Å². The summed E-state index contributed by atoms with van der Waals surface area (Å²) in [4.78, 5) is 23.3. The maximum absolute atomic E-state index is 12.1. The normalized spacial score (nSPS) is 26.6. The van der Waals surface area contributed by atoms with Gasteiger partial charge in [0.2, 0.25) is 5.91 Å². The summed E-state index contributed by atoms with van der Waals surface area (Å²) in [6.45, 7) is 8.03. The molecule has 1 aliphatic rings. The second kappa shape index (κ2) is 4.64. The molecule has 1 saturated heterocycles. The Hall–Kier alpha value is -1.10. The van der Waals surface area contributed by atoms with Crippen molar-refractivity contribution in [2.45, 2.75) is 52.1 Å². The molecule has 5 nitrogen and oxygen atoms in total. The fourth-order valence-corrected chi connectivity index (χ4v) is 2.03. The van der Waals surface area contributed by atoms with Gasteiger partial charge >= 0.3 is 5.97 Å². The lowest BCUT2D eigenvalue weighted by Crippen LogP contribution is -2.58. The molecule has 1 heterocycles. The highest BCUT2D eigenvalue weighted by Gasteiger charge is 2.40. The maximum atomic E-state index is 12.1. The first-order valence-electron chi connectivity index (χ1n) is 5.95. The fourth-order valence-electron chi connectivity index (χ4n) is 2.03. The Morgan fingerprint density at radius 1 is 1.41 bits per heavy atom. The smallest absolute Gasteiger partial charge is 0.326 e. The zero-order valence-corrected chi connectivity index (χ0v) is 11.0. The van der Waals surface area contributed by atoms with Crippen molar-refractivity contribution >= 4 is 11.9 Å². The van der Waals surface area contributed by atoms with Gasteiger partial charge in [0.25, 0.3) is 0 Å². The Kier molecular flexibility index (Phi) is 3.81. The first-order valence-corrected chi connectivity index (χ1v) is 5.95. The van der Waals surface area contributed by atoms with Crippen LogP contribution >= 0.6 is 0 Å². The summed E-state index contributed by atoms with van der Waals surface area (Å²) < 4.78 is 0. The van der Waals surface area contributed by atoms with E-state index in [-0.39, 0.29) is 5.91 Å². The van der Waals surface area contributed by atoms with E-state index in [9.17, 15) is 9.59 Å². The molecule has 1 rings (SSSR count). The largest absolute Gasteiger partial charge is 0.480 e. The number of hydrogen-bond donors (Lipinski definition) is 3. The van der Waals surface area contributed by atoms with Crippen LogP contribution in [0.2, 0.25) is 0 Å². The monoisotopic (exact) mass is 242 g/mol. The number of hydrogen-bond acceptors (Lipinski definition) is 3. The van der Waals surface area contributed by atoms with Crippen LogP contribution in [0.4, 0.5) is 0 Å². The number of carboxylic acids is 1. The van der Waals surface area contributed by atoms with Gasteiger partial charge in [-0.15, -0.1) is 0 Å². The summed E-state index contributed by atoms with van der Waals surface area (Å²) in [5.41, 5.74) is -1.13. The van der Waals surface area contributed by atoms with Crippen molar-refractivity contribution in [1.29, 1.82) is 0 Å². The van der Waals surface area contributed by atoms with Crippen molar-refractivity contribution in [3.63, 3.8) is 0 Å². The molecule has 1 amide bonds. The third-order valence-electron chi connectivity index (χ3n) is 3.26. The minimum absolute atomic E-state index is 0.225. The lowest BCUT2D eigenvalue weighted by atomic mass is 9.86. The van der Waals surface area contributed by atoms with Gasteiger partial charge in [-0.2, -0.15) is 0 Å². The zero-order valence-electron chi connectivity index (χ0n) is 11.0. The standard InChI is InChI=1S/C12H22N2O3/c1-11(2,3)8(9(15)16)14-10(17)12(4)6-5-7-13-12/h8,13H,5-7H2,1-4H3,(H,14,17)(H,15,16)/t8-,12?/m1/s1. The SMILES string of the molecule is CC1(C(=O)N[C@H](C(=O)O)C(C)(C)C)CCCN1. The second-order valence-electron chi connectivity index (χ2n) is 5.97. The van der Waals surface area contributed by atoms with E-state index >= 15 is 0 Å². The Morgan fingerprint density at radius 2 is 2.00 bits per heavy atom. The number of carbonyl (C=O) groups excluding carboxylic acids is 1. The molecule has 0 aliphatic carbocycles. The summed E-state index contributed by atoms with van der Waals surface area (Å²) in [7, 11) is 0. The van der Waals surface area contributed by atoms with E-state index in [0.717, 1.165) is 19.4 Å². The molecule has 0 aromatic heterocycles. The Labute approximate surface area is 102 Å². The van der Waals surface area contributed by atoms with Crippen molar-refractivity contribution in [1.82, 2.24) is 10.6 Å². The van der Waals surface area contributed by atoms with Crippen LogP contribution < -0.4 is 10.6 Å². The minimum atomic E-state index is -0.993. The Bertz CT molecular complexity index is 314. The highest BCUT2D eigenvalue weighted by atomic mass is 16.4. The summed E-state index contributed by atoms with van der Waals surface area (Å²) in [6.07, 6.45) is 1.69. The third kappa shape index (κ3) is 3.19. The van der Waals surface area contributed by atoms with Crippen LogP contribution in [0.25, 0.3) is 0 Å². The predicted molar refractivity (Wildman–Crippen MR) is 64.7 cm³/mol. The van der Waals surface area contributed by atoms with Crippen LogP contribution in [-0.2, 0) is 9.59 Å². The van der Waals surface area contributed by atoms with Crippen LogP contribution in [0.5, 0.6) is 0 Å². The first-order chi connectivity index (χ1) is 7.67. The van der Waals surface area contributed by atoms with Gasteiger partial charge in [-0.05, 0) is 31.7 Å². The number of rotatable bonds is 3. The molecule has 0 bridgehead atoms. The molecule has 0 radical (unpaired) electrons. The van der Waals surface area contributed by atoms with Gasteiger partial charge in [0, 0.05) is 0 Å². The van der Waals surface area contributed by atoms with Crippen LogP contribution in [0.15, 0.2) is 0 Å². The van der Waals surface area contributed by atoms with Crippen molar-refractivity contribution in [3.05, 3.63) is 0 Å². The molecule has 1 unspecified atom stereocenters. The molecule has 1 aliphatic heterocycles. The average Bonchev–Trinajstić information content (AvgIpc) is 2.60. The summed E-state index contributed by atoms with van der Waals surface area (Å²) in [5.74, 6) is -1.22. The molecule has 5 heteroatoms. The molecular weight excluding hydrogens is 220 g/mol. The van der Waals surface area contributed by atoms with Crippen molar-refractivity contribution in [2.24, 2.45) is 5.41 Å². The molecular formula is C12H22N2O3. The average molecular weight is 242 g/mol. The summed E-state index contributed by atoms with van der Waals surface area (Å²) in [6, 6.07) is -0.866. The molecule has 17 heavy (non-hydrogen) atoms. The van der Waals surface area contributed by atoms with Crippen molar-refractivity contribution in [3.8, 4) is 0 Å². The van der Waals surface area contributed by atoms with E-state index in [0.29, 0.717) is 0 Å².